The third kappa shape index (κ3) is 4.04. The first kappa shape index (κ1) is 19.7. The number of ether oxygens (including phenoxy) is 1. The molecule has 0 saturated heterocycles. The lowest BCUT2D eigenvalue weighted by atomic mass is 10.0. The van der Waals surface area contributed by atoms with Crippen LogP contribution >= 0.6 is 11.6 Å². The summed E-state index contributed by atoms with van der Waals surface area (Å²) in [7, 11) is 0. The van der Waals surface area contributed by atoms with E-state index in [4.69, 9.17) is 16.3 Å². The number of aromatic carboxylic acids is 1. The van der Waals surface area contributed by atoms with Gasteiger partial charge in [-0.05, 0) is 48.0 Å². The van der Waals surface area contributed by atoms with Crippen LogP contribution in [0.5, 0.6) is 5.75 Å². The van der Waals surface area contributed by atoms with Crippen molar-refractivity contribution in [3.63, 3.8) is 0 Å². The molecule has 7 heteroatoms. The van der Waals surface area contributed by atoms with Gasteiger partial charge in [-0.15, -0.1) is 0 Å². The molecule has 0 atom stereocenters. The molecule has 6 nitrogen and oxygen atoms in total. The van der Waals surface area contributed by atoms with Crippen molar-refractivity contribution < 1.29 is 14.6 Å². The van der Waals surface area contributed by atoms with Gasteiger partial charge in [0, 0.05) is 34.6 Å². The first-order valence-corrected chi connectivity index (χ1v) is 9.60. The smallest absolute Gasteiger partial charge is 0.335 e. The average Bonchev–Trinajstić information content (AvgIpc) is 2.76. The molecule has 0 unspecified atom stereocenters. The summed E-state index contributed by atoms with van der Waals surface area (Å²) >= 11 is 6.15. The Kier molecular flexibility index (Phi) is 5.50. The number of carboxylic acid groups (broad SMARTS) is 1. The molecule has 0 amide bonds. The summed E-state index contributed by atoms with van der Waals surface area (Å²) in [6.07, 6.45) is 4.97. The van der Waals surface area contributed by atoms with Gasteiger partial charge in [-0.2, -0.15) is 0 Å². The standard InChI is InChI=1S/C23H17ClN2O4/c24-18-4-5-21(20(13-18)15-2-1-3-16(12-15)23(28)29)30-11-10-26-9-7-17-14-25-8-6-19(17)22(26)27/h1-9,12-14H,10-11H2,(H,28,29). The van der Waals surface area contributed by atoms with Crippen molar-refractivity contribution in [2.45, 2.75) is 6.54 Å². The third-order valence-electron chi connectivity index (χ3n) is 4.73. The number of hydrogen-bond acceptors (Lipinski definition) is 4. The lowest BCUT2D eigenvalue weighted by Gasteiger charge is -2.14. The number of pyridine rings is 2. The number of benzene rings is 2. The summed E-state index contributed by atoms with van der Waals surface area (Å²) < 4.78 is 7.53. The van der Waals surface area contributed by atoms with Crippen molar-refractivity contribution in [3.05, 3.63) is 94.1 Å². The number of aromatic nitrogens is 2. The van der Waals surface area contributed by atoms with Gasteiger partial charge in [0.25, 0.3) is 5.56 Å². The Hall–Kier alpha value is -3.64. The third-order valence-corrected chi connectivity index (χ3v) is 4.96. The second-order valence-corrected chi connectivity index (χ2v) is 7.09. The molecule has 150 valence electrons. The molecule has 0 fully saturated rings. The molecule has 4 rings (SSSR count). The van der Waals surface area contributed by atoms with Gasteiger partial charge >= 0.3 is 5.97 Å². The summed E-state index contributed by atoms with van der Waals surface area (Å²) in [5, 5.41) is 11.2. The highest BCUT2D eigenvalue weighted by molar-refractivity contribution is 6.31. The number of hydrogen-bond donors (Lipinski definition) is 1. The highest BCUT2D eigenvalue weighted by Crippen LogP contribution is 2.33. The molecule has 0 saturated carbocycles. The summed E-state index contributed by atoms with van der Waals surface area (Å²) in [5.41, 5.74) is 1.44. The zero-order valence-corrected chi connectivity index (χ0v) is 16.5. The van der Waals surface area contributed by atoms with Gasteiger partial charge < -0.3 is 14.4 Å². The normalized spacial score (nSPS) is 10.8. The average molecular weight is 421 g/mol. The summed E-state index contributed by atoms with van der Waals surface area (Å²) in [6.45, 7) is 0.609. The Morgan fingerprint density at radius 1 is 1.13 bits per heavy atom. The van der Waals surface area contributed by atoms with Crippen LogP contribution in [0.25, 0.3) is 21.9 Å². The van der Waals surface area contributed by atoms with Crippen LogP contribution in [0.2, 0.25) is 5.02 Å². The van der Waals surface area contributed by atoms with Crippen LogP contribution in [-0.4, -0.2) is 27.2 Å². The number of carboxylic acids is 1. The molecule has 0 aliphatic rings. The first-order valence-electron chi connectivity index (χ1n) is 9.22. The van der Waals surface area contributed by atoms with E-state index in [1.807, 2.05) is 6.07 Å². The lowest BCUT2D eigenvalue weighted by Crippen LogP contribution is -2.22. The zero-order valence-electron chi connectivity index (χ0n) is 15.8. The molecule has 30 heavy (non-hydrogen) atoms. The minimum absolute atomic E-state index is 0.107. The SMILES string of the molecule is O=C(O)c1cccc(-c2cc(Cl)ccc2OCCn2ccc3cnccc3c2=O)c1. The molecular weight excluding hydrogens is 404 g/mol. The second-order valence-electron chi connectivity index (χ2n) is 6.65. The summed E-state index contributed by atoms with van der Waals surface area (Å²) in [5.74, 6) is -0.452. The zero-order chi connectivity index (χ0) is 21.1. The van der Waals surface area contributed by atoms with E-state index in [0.29, 0.717) is 33.8 Å². The fourth-order valence-corrected chi connectivity index (χ4v) is 3.40. The van der Waals surface area contributed by atoms with Crippen molar-refractivity contribution in [3.8, 4) is 16.9 Å². The Morgan fingerprint density at radius 3 is 2.83 bits per heavy atom. The van der Waals surface area contributed by atoms with Gasteiger partial charge in [0.1, 0.15) is 12.4 Å². The van der Waals surface area contributed by atoms with Gasteiger partial charge in [0.2, 0.25) is 0 Å². The van der Waals surface area contributed by atoms with Crippen LogP contribution in [-0.2, 0) is 6.54 Å². The number of fused-ring (bicyclic) bond motifs is 1. The van der Waals surface area contributed by atoms with Crippen LogP contribution in [0.4, 0.5) is 0 Å². The molecular formula is C23H17ClN2O4. The Labute approximate surface area is 177 Å². The van der Waals surface area contributed by atoms with E-state index in [2.05, 4.69) is 4.98 Å². The molecule has 2 heterocycles. The summed E-state index contributed by atoms with van der Waals surface area (Å²) in [6, 6.07) is 15.3. The Morgan fingerprint density at radius 2 is 2.00 bits per heavy atom. The fourth-order valence-electron chi connectivity index (χ4n) is 3.23. The van der Waals surface area contributed by atoms with Crippen LogP contribution in [0.1, 0.15) is 10.4 Å². The second kappa shape index (κ2) is 8.39. The number of halogens is 1. The molecule has 2 aromatic carbocycles. The molecule has 0 aliphatic carbocycles. The molecule has 0 bridgehead atoms. The van der Waals surface area contributed by atoms with Gasteiger partial charge in [0.15, 0.2) is 0 Å². The first-order chi connectivity index (χ1) is 14.5. The monoisotopic (exact) mass is 420 g/mol. The van der Waals surface area contributed by atoms with Crippen LogP contribution < -0.4 is 10.3 Å². The van der Waals surface area contributed by atoms with E-state index in [0.717, 1.165) is 5.39 Å². The van der Waals surface area contributed by atoms with E-state index in [9.17, 15) is 14.7 Å². The topological polar surface area (TPSA) is 81.4 Å². The highest BCUT2D eigenvalue weighted by atomic mass is 35.5. The van der Waals surface area contributed by atoms with Crippen molar-refractivity contribution >= 4 is 28.3 Å². The van der Waals surface area contributed by atoms with E-state index in [-0.39, 0.29) is 17.7 Å². The Balaban J connectivity index is 1.58. The quantitative estimate of drug-likeness (QED) is 0.497. The van der Waals surface area contributed by atoms with Crippen molar-refractivity contribution in [1.29, 1.82) is 0 Å². The van der Waals surface area contributed by atoms with Gasteiger partial charge in [0.05, 0.1) is 17.5 Å². The predicted octanol–water partition coefficient (Wildman–Crippen LogP) is 4.49. The lowest BCUT2D eigenvalue weighted by molar-refractivity contribution is 0.0697. The number of nitrogens with zero attached hydrogens (tertiary/aromatic N) is 2. The van der Waals surface area contributed by atoms with Crippen LogP contribution in [0.15, 0.2) is 78.0 Å². The maximum absolute atomic E-state index is 12.6. The van der Waals surface area contributed by atoms with E-state index < -0.39 is 5.97 Å². The minimum Gasteiger partial charge on any atom is -0.491 e. The Bertz CT molecular complexity index is 1300. The molecule has 0 aliphatic heterocycles. The van der Waals surface area contributed by atoms with E-state index in [1.54, 1.807) is 65.6 Å². The highest BCUT2D eigenvalue weighted by Gasteiger charge is 2.11. The maximum Gasteiger partial charge on any atom is 0.335 e. The largest absolute Gasteiger partial charge is 0.491 e. The van der Waals surface area contributed by atoms with Crippen LogP contribution in [0, 0.1) is 0 Å². The maximum atomic E-state index is 12.6. The number of carbonyl (C=O) groups is 1. The van der Waals surface area contributed by atoms with Crippen molar-refractivity contribution in [1.82, 2.24) is 9.55 Å². The fraction of sp³-hybridized carbons (Fsp3) is 0.0870. The molecule has 1 N–H and O–H groups in total. The van der Waals surface area contributed by atoms with E-state index in [1.165, 1.54) is 6.07 Å². The molecule has 2 aromatic heterocycles. The van der Waals surface area contributed by atoms with Gasteiger partial charge in [-0.3, -0.25) is 9.78 Å². The molecule has 0 spiro atoms. The number of rotatable bonds is 6. The van der Waals surface area contributed by atoms with Crippen molar-refractivity contribution in [2.75, 3.05) is 6.61 Å². The molecule has 0 radical (unpaired) electrons. The van der Waals surface area contributed by atoms with Crippen LogP contribution in [0.3, 0.4) is 0 Å². The van der Waals surface area contributed by atoms with Gasteiger partial charge in [-0.1, -0.05) is 23.7 Å². The molecule has 4 aromatic rings. The summed E-state index contributed by atoms with van der Waals surface area (Å²) in [4.78, 5) is 27.9. The van der Waals surface area contributed by atoms with Crippen molar-refractivity contribution in [2.24, 2.45) is 0 Å². The van der Waals surface area contributed by atoms with E-state index >= 15 is 0 Å². The minimum atomic E-state index is -1.01. The van der Waals surface area contributed by atoms with Gasteiger partial charge in [-0.25, -0.2) is 4.79 Å². The predicted molar refractivity (Wildman–Crippen MR) is 115 cm³/mol.